The maximum atomic E-state index is 12.6. The van der Waals surface area contributed by atoms with E-state index in [1.54, 1.807) is 0 Å². The number of aliphatic hydroxyl groups excluding tert-OH is 3. The fourth-order valence-corrected chi connectivity index (χ4v) is 3.47. The predicted molar refractivity (Wildman–Crippen MR) is 117 cm³/mol. The molecule has 2 aromatic rings. The van der Waals surface area contributed by atoms with Crippen LogP contribution in [0.4, 0.5) is 0 Å². The third-order valence-electron chi connectivity index (χ3n) is 5.30. The van der Waals surface area contributed by atoms with Crippen LogP contribution in [0.25, 0.3) is 0 Å². The van der Waals surface area contributed by atoms with Gasteiger partial charge in [0.05, 0.1) is 33.0 Å². The number of carbonyl (C=O) groups is 1. The molecule has 8 nitrogen and oxygen atoms in total. The summed E-state index contributed by atoms with van der Waals surface area (Å²) in [6.07, 6.45) is -5.86. The lowest BCUT2D eigenvalue weighted by Gasteiger charge is -2.34. The quantitative estimate of drug-likeness (QED) is 0.468. The molecular formula is C24H31NO7. The standard InChI is InChI=1S/C24H31NO7/c26-20(17-31-15-18-7-3-1-4-8-18)23(32-16-19-9-5-2-6-10-19)21(27)22(28)24(29)25-11-13-30-14-12-25/h1-10,20-23,26-28H,11-17H2/t20-,21-,22-,23-/m1/s1. The Morgan fingerprint density at radius 3 is 2.06 bits per heavy atom. The molecule has 0 bridgehead atoms. The number of hydrogen-bond donors (Lipinski definition) is 3. The molecule has 1 heterocycles. The Balaban J connectivity index is 1.63. The van der Waals surface area contributed by atoms with Crippen molar-refractivity contribution in [3.63, 3.8) is 0 Å². The molecule has 174 valence electrons. The van der Waals surface area contributed by atoms with Crippen LogP contribution in [0.2, 0.25) is 0 Å². The Hall–Kier alpha value is -2.33. The Labute approximate surface area is 188 Å². The molecule has 0 aliphatic carbocycles. The number of ether oxygens (including phenoxy) is 3. The highest BCUT2D eigenvalue weighted by Gasteiger charge is 2.38. The van der Waals surface area contributed by atoms with Crippen LogP contribution in [0.3, 0.4) is 0 Å². The monoisotopic (exact) mass is 445 g/mol. The highest BCUT2D eigenvalue weighted by atomic mass is 16.5. The second-order valence-electron chi connectivity index (χ2n) is 7.70. The Kier molecular flexibility index (Phi) is 9.61. The van der Waals surface area contributed by atoms with Crippen LogP contribution in [0.1, 0.15) is 11.1 Å². The molecule has 8 heteroatoms. The van der Waals surface area contributed by atoms with Crippen LogP contribution in [-0.2, 0) is 32.2 Å². The van der Waals surface area contributed by atoms with Gasteiger partial charge < -0.3 is 34.4 Å². The largest absolute Gasteiger partial charge is 0.388 e. The van der Waals surface area contributed by atoms with Crippen LogP contribution >= 0.6 is 0 Å². The van der Waals surface area contributed by atoms with Crippen molar-refractivity contribution in [2.45, 2.75) is 37.6 Å². The second kappa shape index (κ2) is 12.6. The fraction of sp³-hybridized carbons (Fsp3) is 0.458. The number of rotatable bonds is 11. The van der Waals surface area contributed by atoms with Crippen molar-refractivity contribution < 1.29 is 34.3 Å². The SMILES string of the molecule is O=C([C@H](O)[C@@H](O)[C@H](OCc1ccccc1)[C@H](O)COCc1ccccc1)N1CCOCC1. The Bertz CT molecular complexity index is 799. The first-order valence-electron chi connectivity index (χ1n) is 10.7. The minimum absolute atomic E-state index is 0.0940. The molecule has 1 aliphatic heterocycles. The van der Waals surface area contributed by atoms with E-state index in [4.69, 9.17) is 14.2 Å². The van der Waals surface area contributed by atoms with E-state index in [1.165, 1.54) is 4.90 Å². The second-order valence-corrected chi connectivity index (χ2v) is 7.70. The van der Waals surface area contributed by atoms with Crippen molar-refractivity contribution in [1.82, 2.24) is 4.90 Å². The van der Waals surface area contributed by atoms with Crippen molar-refractivity contribution >= 4 is 5.91 Å². The lowest BCUT2D eigenvalue weighted by Crippen LogP contribution is -2.55. The van der Waals surface area contributed by atoms with Gasteiger partial charge in [-0.15, -0.1) is 0 Å². The van der Waals surface area contributed by atoms with E-state index >= 15 is 0 Å². The molecule has 32 heavy (non-hydrogen) atoms. The number of nitrogens with zero attached hydrogens (tertiary/aromatic N) is 1. The molecule has 1 saturated heterocycles. The Morgan fingerprint density at radius 2 is 1.47 bits per heavy atom. The number of amides is 1. The lowest BCUT2D eigenvalue weighted by molar-refractivity contribution is -0.173. The maximum absolute atomic E-state index is 12.6. The zero-order valence-electron chi connectivity index (χ0n) is 18.0. The summed E-state index contributed by atoms with van der Waals surface area (Å²) in [4.78, 5) is 14.1. The van der Waals surface area contributed by atoms with E-state index in [0.29, 0.717) is 26.3 Å². The third-order valence-corrected chi connectivity index (χ3v) is 5.30. The molecule has 1 aliphatic rings. The van der Waals surface area contributed by atoms with Gasteiger partial charge in [-0.2, -0.15) is 0 Å². The van der Waals surface area contributed by atoms with Crippen molar-refractivity contribution in [3.05, 3.63) is 71.8 Å². The van der Waals surface area contributed by atoms with Crippen molar-refractivity contribution in [1.29, 1.82) is 0 Å². The maximum Gasteiger partial charge on any atom is 0.254 e. The number of aliphatic hydroxyl groups is 3. The summed E-state index contributed by atoms with van der Waals surface area (Å²) in [7, 11) is 0. The van der Waals surface area contributed by atoms with Crippen LogP contribution in [-0.4, -0.2) is 83.5 Å². The van der Waals surface area contributed by atoms with Gasteiger partial charge in [0.15, 0.2) is 6.10 Å². The summed E-state index contributed by atoms with van der Waals surface area (Å²) in [5.41, 5.74) is 1.76. The van der Waals surface area contributed by atoms with Gasteiger partial charge in [-0.1, -0.05) is 60.7 Å². The van der Waals surface area contributed by atoms with Gasteiger partial charge in [0.2, 0.25) is 0 Å². The summed E-state index contributed by atoms with van der Waals surface area (Å²) < 4.78 is 16.6. The van der Waals surface area contributed by atoms with E-state index in [-0.39, 0.29) is 19.8 Å². The van der Waals surface area contributed by atoms with Gasteiger partial charge in [0, 0.05) is 13.1 Å². The number of carbonyl (C=O) groups excluding carboxylic acids is 1. The van der Waals surface area contributed by atoms with E-state index < -0.39 is 30.3 Å². The molecule has 0 saturated carbocycles. The normalized spacial score (nSPS) is 18.0. The minimum Gasteiger partial charge on any atom is -0.388 e. The molecular weight excluding hydrogens is 414 g/mol. The molecule has 0 aromatic heterocycles. The van der Waals surface area contributed by atoms with Gasteiger partial charge >= 0.3 is 0 Å². The summed E-state index contributed by atoms with van der Waals surface area (Å²) in [5.74, 6) is -0.619. The molecule has 2 aromatic carbocycles. The first-order chi connectivity index (χ1) is 15.6. The average molecular weight is 446 g/mol. The van der Waals surface area contributed by atoms with E-state index in [0.717, 1.165) is 11.1 Å². The van der Waals surface area contributed by atoms with Gasteiger partial charge in [0.25, 0.3) is 5.91 Å². The highest BCUT2D eigenvalue weighted by molar-refractivity contribution is 5.81. The summed E-state index contributed by atoms with van der Waals surface area (Å²) in [6.45, 7) is 1.65. The fourth-order valence-electron chi connectivity index (χ4n) is 3.47. The highest BCUT2D eigenvalue weighted by Crippen LogP contribution is 2.16. The molecule has 3 N–H and O–H groups in total. The van der Waals surface area contributed by atoms with E-state index in [9.17, 15) is 20.1 Å². The molecule has 1 amide bonds. The van der Waals surface area contributed by atoms with Crippen LogP contribution in [0.5, 0.6) is 0 Å². The van der Waals surface area contributed by atoms with Gasteiger partial charge in [-0.3, -0.25) is 4.79 Å². The minimum atomic E-state index is -1.74. The van der Waals surface area contributed by atoms with Crippen molar-refractivity contribution in [3.8, 4) is 0 Å². The summed E-state index contributed by atoms with van der Waals surface area (Å²) in [6, 6.07) is 18.7. The molecule has 0 radical (unpaired) electrons. The molecule has 1 fully saturated rings. The zero-order chi connectivity index (χ0) is 22.8. The van der Waals surface area contributed by atoms with Gasteiger partial charge in [0.1, 0.15) is 18.3 Å². The summed E-state index contributed by atoms with van der Waals surface area (Å²) >= 11 is 0. The van der Waals surface area contributed by atoms with Crippen LogP contribution < -0.4 is 0 Å². The molecule has 3 rings (SSSR count). The summed E-state index contributed by atoms with van der Waals surface area (Å²) in [5, 5.41) is 32.0. The first kappa shape index (κ1) is 24.3. The van der Waals surface area contributed by atoms with Crippen molar-refractivity contribution in [2.75, 3.05) is 32.9 Å². The van der Waals surface area contributed by atoms with E-state index in [1.807, 2.05) is 60.7 Å². The smallest absolute Gasteiger partial charge is 0.254 e. The number of hydrogen-bond acceptors (Lipinski definition) is 7. The number of benzene rings is 2. The van der Waals surface area contributed by atoms with Crippen LogP contribution in [0, 0.1) is 0 Å². The van der Waals surface area contributed by atoms with Gasteiger partial charge in [-0.05, 0) is 11.1 Å². The van der Waals surface area contributed by atoms with E-state index in [2.05, 4.69) is 0 Å². The topological polar surface area (TPSA) is 109 Å². The lowest BCUT2D eigenvalue weighted by atomic mass is 10.0. The molecule has 4 atom stereocenters. The van der Waals surface area contributed by atoms with Gasteiger partial charge in [-0.25, -0.2) is 0 Å². The first-order valence-corrected chi connectivity index (χ1v) is 10.7. The van der Waals surface area contributed by atoms with Crippen molar-refractivity contribution in [2.24, 2.45) is 0 Å². The average Bonchev–Trinajstić information content (AvgIpc) is 2.85. The third kappa shape index (κ3) is 7.09. The molecule has 0 spiro atoms. The number of morpholine rings is 1. The predicted octanol–water partition coefficient (Wildman–Crippen LogP) is 0.730. The Morgan fingerprint density at radius 1 is 0.906 bits per heavy atom. The van der Waals surface area contributed by atoms with Crippen LogP contribution in [0.15, 0.2) is 60.7 Å². The molecule has 0 unspecified atom stereocenters. The zero-order valence-corrected chi connectivity index (χ0v) is 18.0.